The van der Waals surface area contributed by atoms with Crippen molar-refractivity contribution >= 4 is 0 Å². The molecule has 0 bridgehead atoms. The monoisotopic (exact) mass is 252 g/mol. The van der Waals surface area contributed by atoms with Gasteiger partial charge in [0, 0.05) is 6.61 Å². The third kappa shape index (κ3) is 2.03. The molecule has 2 fully saturated rings. The van der Waals surface area contributed by atoms with Gasteiger partial charge in [-0.2, -0.15) is 0 Å². The van der Waals surface area contributed by atoms with Gasteiger partial charge in [-0.15, -0.1) is 0 Å². The van der Waals surface area contributed by atoms with Crippen molar-refractivity contribution in [3.05, 3.63) is 0 Å². The summed E-state index contributed by atoms with van der Waals surface area (Å²) in [5.41, 5.74) is 1.10. The van der Waals surface area contributed by atoms with Crippen LogP contribution in [0.4, 0.5) is 0 Å². The van der Waals surface area contributed by atoms with Crippen LogP contribution in [0, 0.1) is 22.7 Å². The first kappa shape index (κ1) is 14.4. The molecule has 0 N–H and O–H groups in total. The van der Waals surface area contributed by atoms with E-state index >= 15 is 0 Å². The summed E-state index contributed by atoms with van der Waals surface area (Å²) in [6.45, 7) is 15.3. The number of rotatable bonds is 2. The Kier molecular flexibility index (Phi) is 3.60. The quantitative estimate of drug-likeness (QED) is 0.668. The van der Waals surface area contributed by atoms with E-state index in [1.807, 2.05) is 0 Å². The molecule has 0 radical (unpaired) electrons. The molecule has 18 heavy (non-hydrogen) atoms. The van der Waals surface area contributed by atoms with E-state index in [1.165, 1.54) is 32.1 Å². The van der Waals surface area contributed by atoms with Crippen LogP contribution in [0.2, 0.25) is 0 Å². The maximum Gasteiger partial charge on any atom is 0.0685 e. The van der Waals surface area contributed by atoms with Gasteiger partial charge in [0.1, 0.15) is 0 Å². The lowest BCUT2D eigenvalue weighted by Crippen LogP contribution is -2.57. The van der Waals surface area contributed by atoms with Gasteiger partial charge < -0.3 is 4.74 Å². The van der Waals surface area contributed by atoms with Crippen LogP contribution < -0.4 is 0 Å². The highest BCUT2D eigenvalue weighted by atomic mass is 16.5. The molecule has 0 spiro atoms. The van der Waals surface area contributed by atoms with Crippen molar-refractivity contribution in [1.29, 1.82) is 0 Å². The van der Waals surface area contributed by atoms with Gasteiger partial charge in [0.05, 0.1) is 5.60 Å². The van der Waals surface area contributed by atoms with E-state index in [0.29, 0.717) is 16.7 Å². The highest BCUT2D eigenvalue weighted by molar-refractivity contribution is 5.06. The Bertz CT molecular complexity index is 309. The molecule has 2 saturated carbocycles. The van der Waals surface area contributed by atoms with Gasteiger partial charge in [-0.3, -0.25) is 0 Å². The molecule has 2 aliphatic carbocycles. The molecule has 0 heterocycles. The molecular weight excluding hydrogens is 220 g/mol. The molecule has 0 aromatic carbocycles. The number of ether oxygens (including phenoxy) is 1. The molecule has 0 amide bonds. The van der Waals surface area contributed by atoms with E-state index in [1.54, 1.807) is 0 Å². The summed E-state index contributed by atoms with van der Waals surface area (Å²) in [4.78, 5) is 0. The van der Waals surface area contributed by atoms with Crippen LogP contribution in [0.5, 0.6) is 0 Å². The molecule has 2 aliphatic rings. The zero-order chi connectivity index (χ0) is 13.6. The molecule has 1 unspecified atom stereocenters. The summed E-state index contributed by atoms with van der Waals surface area (Å²) in [7, 11) is 0. The average Bonchev–Trinajstić information content (AvgIpc) is 2.25. The lowest BCUT2D eigenvalue weighted by molar-refractivity contribution is -0.183. The first-order valence-corrected chi connectivity index (χ1v) is 7.90. The highest BCUT2D eigenvalue weighted by Gasteiger charge is 2.56. The molecule has 1 nitrogen and oxygen atoms in total. The topological polar surface area (TPSA) is 9.23 Å². The second-order valence-electron chi connectivity index (χ2n) is 7.91. The summed E-state index contributed by atoms with van der Waals surface area (Å²) in [6, 6.07) is 0. The number of hydrogen-bond acceptors (Lipinski definition) is 1. The van der Waals surface area contributed by atoms with Gasteiger partial charge in [0.25, 0.3) is 0 Å². The minimum atomic E-state index is 0.105. The fourth-order valence-electron chi connectivity index (χ4n) is 5.28. The first-order chi connectivity index (χ1) is 8.26. The molecule has 0 aromatic rings. The molecule has 4 atom stereocenters. The van der Waals surface area contributed by atoms with Crippen molar-refractivity contribution in [3.8, 4) is 0 Å². The van der Waals surface area contributed by atoms with E-state index in [0.717, 1.165) is 12.5 Å². The van der Waals surface area contributed by atoms with Gasteiger partial charge in [0.15, 0.2) is 0 Å². The Morgan fingerprint density at radius 2 is 1.72 bits per heavy atom. The fourth-order valence-corrected chi connectivity index (χ4v) is 5.28. The summed E-state index contributed by atoms with van der Waals surface area (Å²) in [6.07, 6.45) is 6.79. The Morgan fingerprint density at radius 3 is 2.33 bits per heavy atom. The third-order valence-corrected chi connectivity index (χ3v) is 6.58. The second kappa shape index (κ2) is 4.51. The van der Waals surface area contributed by atoms with E-state index < -0.39 is 0 Å². The summed E-state index contributed by atoms with van der Waals surface area (Å²) < 4.78 is 6.16. The van der Waals surface area contributed by atoms with E-state index in [2.05, 4.69) is 41.5 Å². The normalized spacial score (nSPS) is 47.7. The smallest absolute Gasteiger partial charge is 0.0685 e. The maximum absolute atomic E-state index is 6.16. The lowest BCUT2D eigenvalue weighted by Gasteiger charge is -2.61. The fraction of sp³-hybridized carbons (Fsp3) is 1.00. The van der Waals surface area contributed by atoms with Crippen LogP contribution in [0.1, 0.15) is 73.6 Å². The van der Waals surface area contributed by atoms with Crippen molar-refractivity contribution in [2.75, 3.05) is 6.61 Å². The molecular formula is C17H32O. The van der Waals surface area contributed by atoms with Crippen LogP contribution in [0.3, 0.4) is 0 Å². The van der Waals surface area contributed by atoms with E-state index in [9.17, 15) is 0 Å². The summed E-state index contributed by atoms with van der Waals surface area (Å²) >= 11 is 0. The van der Waals surface area contributed by atoms with Gasteiger partial charge >= 0.3 is 0 Å². The van der Waals surface area contributed by atoms with E-state index in [4.69, 9.17) is 4.74 Å². The van der Waals surface area contributed by atoms with Crippen LogP contribution in [0.25, 0.3) is 0 Å². The summed E-state index contributed by atoms with van der Waals surface area (Å²) in [5, 5.41) is 0. The van der Waals surface area contributed by atoms with Crippen LogP contribution in [0.15, 0.2) is 0 Å². The standard InChI is InChI=1S/C17H32O/c1-7-18-17(6)12-9-14-15(3,4)10-8-11-16(14,5)13(17)2/h13-14H,7-12H2,1-6H3/t13-,14?,16+,17-/m0/s1. The number of hydrogen-bond donors (Lipinski definition) is 0. The molecule has 106 valence electrons. The molecule has 1 heteroatoms. The molecule has 0 saturated heterocycles. The Balaban J connectivity index is 2.29. The Labute approximate surface area is 114 Å². The van der Waals surface area contributed by atoms with Crippen LogP contribution >= 0.6 is 0 Å². The minimum Gasteiger partial charge on any atom is -0.375 e. The predicted molar refractivity (Wildman–Crippen MR) is 77.7 cm³/mol. The van der Waals surface area contributed by atoms with Crippen molar-refractivity contribution in [2.45, 2.75) is 79.2 Å². The SMILES string of the molecule is CCO[C@@]1(C)CCC2C(C)(C)CCC[C@]2(C)[C@@H]1C. The average molecular weight is 252 g/mol. The number of fused-ring (bicyclic) bond motifs is 1. The van der Waals surface area contributed by atoms with Gasteiger partial charge in [-0.1, -0.05) is 34.1 Å². The van der Waals surface area contributed by atoms with Crippen molar-refractivity contribution in [2.24, 2.45) is 22.7 Å². The molecule has 0 aliphatic heterocycles. The Hall–Kier alpha value is -0.0400. The van der Waals surface area contributed by atoms with Gasteiger partial charge in [-0.05, 0) is 62.2 Å². The van der Waals surface area contributed by atoms with Gasteiger partial charge in [0.2, 0.25) is 0 Å². The van der Waals surface area contributed by atoms with Crippen molar-refractivity contribution < 1.29 is 4.74 Å². The second-order valence-corrected chi connectivity index (χ2v) is 7.91. The first-order valence-electron chi connectivity index (χ1n) is 7.90. The van der Waals surface area contributed by atoms with Crippen LogP contribution in [-0.4, -0.2) is 12.2 Å². The molecule has 2 rings (SSSR count). The zero-order valence-corrected chi connectivity index (χ0v) is 13.3. The maximum atomic E-state index is 6.16. The predicted octanol–water partition coefficient (Wildman–Crippen LogP) is 5.04. The Morgan fingerprint density at radius 1 is 1.06 bits per heavy atom. The zero-order valence-electron chi connectivity index (χ0n) is 13.3. The molecule has 0 aromatic heterocycles. The third-order valence-electron chi connectivity index (χ3n) is 6.58. The largest absolute Gasteiger partial charge is 0.375 e. The highest BCUT2D eigenvalue weighted by Crippen LogP contribution is 2.62. The van der Waals surface area contributed by atoms with Crippen molar-refractivity contribution in [1.82, 2.24) is 0 Å². The summed E-state index contributed by atoms with van der Waals surface area (Å²) in [5.74, 6) is 1.55. The lowest BCUT2D eigenvalue weighted by atomic mass is 9.46. The minimum absolute atomic E-state index is 0.105. The van der Waals surface area contributed by atoms with Crippen LogP contribution in [-0.2, 0) is 4.74 Å². The van der Waals surface area contributed by atoms with Crippen molar-refractivity contribution in [3.63, 3.8) is 0 Å². The van der Waals surface area contributed by atoms with Gasteiger partial charge in [-0.25, -0.2) is 0 Å². The van der Waals surface area contributed by atoms with E-state index in [-0.39, 0.29) is 5.60 Å².